The molecule has 0 saturated heterocycles. The molecule has 0 aliphatic carbocycles. The van der Waals surface area contributed by atoms with Crippen LogP contribution in [0.4, 0.5) is 0 Å². The fraction of sp³-hybridized carbons (Fsp3) is 0.111. The third-order valence-electron chi connectivity index (χ3n) is 3.52. The number of sulfone groups is 1. The van der Waals surface area contributed by atoms with Crippen molar-refractivity contribution in [2.24, 2.45) is 0 Å². The summed E-state index contributed by atoms with van der Waals surface area (Å²) in [5, 5.41) is 3.57. The van der Waals surface area contributed by atoms with Crippen LogP contribution in [0.1, 0.15) is 21.6 Å². The van der Waals surface area contributed by atoms with E-state index in [1.165, 1.54) is 18.2 Å². The molecule has 0 unspecified atom stereocenters. The number of carbonyl (C=O) groups excluding carboxylic acids is 1. The molecule has 1 aliphatic rings. The number of H-pyrrole nitrogens is 1. The number of aromatic amines is 1. The largest absolute Gasteiger partial charge is 0.345 e. The SMILES string of the molecule is O=C(N[C@@H]1C=CS(=O)(=O)C1)c1ccc(C#Cc2ccccc2)[nH]c1=O. The van der Waals surface area contributed by atoms with Gasteiger partial charge < -0.3 is 10.3 Å². The first kappa shape index (κ1) is 16.7. The Morgan fingerprint density at radius 1 is 1.12 bits per heavy atom. The first-order valence-electron chi connectivity index (χ1n) is 7.45. The molecule has 1 amide bonds. The van der Waals surface area contributed by atoms with Crippen molar-refractivity contribution >= 4 is 15.7 Å². The number of rotatable bonds is 2. The van der Waals surface area contributed by atoms with Crippen LogP contribution in [0.2, 0.25) is 0 Å². The van der Waals surface area contributed by atoms with Crippen LogP contribution >= 0.6 is 0 Å². The topological polar surface area (TPSA) is 96.1 Å². The number of nitrogens with one attached hydrogen (secondary N) is 2. The van der Waals surface area contributed by atoms with Gasteiger partial charge in [0.15, 0.2) is 9.84 Å². The zero-order valence-corrected chi connectivity index (χ0v) is 13.8. The highest BCUT2D eigenvalue weighted by atomic mass is 32.2. The lowest BCUT2D eigenvalue weighted by molar-refractivity contribution is 0.0946. The van der Waals surface area contributed by atoms with Gasteiger partial charge in [0, 0.05) is 11.0 Å². The monoisotopic (exact) mass is 354 g/mol. The van der Waals surface area contributed by atoms with Gasteiger partial charge in [0.1, 0.15) is 5.56 Å². The maximum absolute atomic E-state index is 12.1. The molecule has 0 saturated carbocycles. The highest BCUT2D eigenvalue weighted by molar-refractivity contribution is 7.94. The normalized spacial score (nSPS) is 17.5. The Morgan fingerprint density at radius 3 is 2.52 bits per heavy atom. The molecule has 7 heteroatoms. The van der Waals surface area contributed by atoms with Gasteiger partial charge in [-0.05, 0) is 36.3 Å². The molecule has 2 heterocycles. The summed E-state index contributed by atoms with van der Waals surface area (Å²) in [7, 11) is -3.27. The van der Waals surface area contributed by atoms with Gasteiger partial charge in [0.2, 0.25) is 0 Å². The van der Waals surface area contributed by atoms with Crippen molar-refractivity contribution < 1.29 is 13.2 Å². The molecule has 2 N–H and O–H groups in total. The fourth-order valence-corrected chi connectivity index (χ4v) is 3.53. The number of hydrogen-bond donors (Lipinski definition) is 2. The summed E-state index contributed by atoms with van der Waals surface area (Å²) in [5.74, 6) is 4.91. The maximum Gasteiger partial charge on any atom is 0.261 e. The molecule has 3 rings (SSSR count). The minimum absolute atomic E-state index is 0.0945. The van der Waals surface area contributed by atoms with E-state index in [1.54, 1.807) is 0 Å². The number of benzene rings is 1. The zero-order chi connectivity index (χ0) is 17.9. The van der Waals surface area contributed by atoms with E-state index in [2.05, 4.69) is 22.1 Å². The number of hydrogen-bond acceptors (Lipinski definition) is 4. The summed E-state index contributed by atoms with van der Waals surface area (Å²) in [5.41, 5.74) is 0.512. The third kappa shape index (κ3) is 4.25. The van der Waals surface area contributed by atoms with E-state index in [4.69, 9.17) is 0 Å². The minimum atomic E-state index is -3.27. The van der Waals surface area contributed by atoms with Crippen LogP contribution in [0.3, 0.4) is 0 Å². The van der Waals surface area contributed by atoms with Crippen molar-refractivity contribution in [3.05, 3.63) is 81.1 Å². The van der Waals surface area contributed by atoms with Crippen molar-refractivity contribution in [3.63, 3.8) is 0 Å². The molecular weight excluding hydrogens is 340 g/mol. The average Bonchev–Trinajstić information content (AvgIpc) is 2.92. The van der Waals surface area contributed by atoms with Crippen LogP contribution in [-0.4, -0.2) is 31.1 Å². The second kappa shape index (κ2) is 6.79. The Labute approximate surface area is 144 Å². The van der Waals surface area contributed by atoms with E-state index in [-0.39, 0.29) is 11.3 Å². The van der Waals surface area contributed by atoms with E-state index < -0.39 is 27.3 Å². The fourth-order valence-electron chi connectivity index (χ4n) is 2.30. The summed E-state index contributed by atoms with van der Waals surface area (Å²) >= 11 is 0. The Morgan fingerprint density at radius 2 is 1.88 bits per heavy atom. The molecule has 25 heavy (non-hydrogen) atoms. The van der Waals surface area contributed by atoms with Crippen molar-refractivity contribution in [1.29, 1.82) is 0 Å². The summed E-state index contributed by atoms with van der Waals surface area (Å²) in [4.78, 5) is 26.7. The lowest BCUT2D eigenvalue weighted by atomic mass is 10.2. The maximum atomic E-state index is 12.1. The van der Waals surface area contributed by atoms with Crippen LogP contribution in [0.15, 0.2) is 58.7 Å². The first-order chi connectivity index (χ1) is 11.9. The van der Waals surface area contributed by atoms with Crippen molar-refractivity contribution in [1.82, 2.24) is 10.3 Å². The highest BCUT2D eigenvalue weighted by Gasteiger charge is 2.24. The molecular formula is C18H14N2O4S. The first-order valence-corrected chi connectivity index (χ1v) is 9.17. The van der Waals surface area contributed by atoms with Gasteiger partial charge in [-0.2, -0.15) is 0 Å². The van der Waals surface area contributed by atoms with Crippen molar-refractivity contribution in [2.45, 2.75) is 6.04 Å². The molecule has 6 nitrogen and oxygen atoms in total. The zero-order valence-electron chi connectivity index (χ0n) is 13.0. The Hall–Kier alpha value is -3.11. The van der Waals surface area contributed by atoms with Gasteiger partial charge in [-0.1, -0.05) is 24.1 Å². The van der Waals surface area contributed by atoms with E-state index in [1.807, 2.05) is 30.3 Å². The number of pyridine rings is 1. The van der Waals surface area contributed by atoms with E-state index in [0.29, 0.717) is 5.69 Å². The predicted molar refractivity (Wildman–Crippen MR) is 93.7 cm³/mol. The summed E-state index contributed by atoms with van der Waals surface area (Å²) < 4.78 is 22.7. The number of carbonyl (C=O) groups is 1. The van der Waals surface area contributed by atoms with Gasteiger partial charge in [-0.3, -0.25) is 9.59 Å². The van der Waals surface area contributed by atoms with Crippen molar-refractivity contribution in [2.75, 3.05) is 5.75 Å². The van der Waals surface area contributed by atoms with E-state index >= 15 is 0 Å². The molecule has 1 atom stereocenters. The van der Waals surface area contributed by atoms with Crippen LogP contribution in [-0.2, 0) is 9.84 Å². The number of aromatic nitrogens is 1. The summed E-state index contributed by atoms with van der Waals surface area (Å²) in [6, 6.07) is 11.6. The molecule has 2 aromatic rings. The third-order valence-corrected chi connectivity index (χ3v) is 4.91. The Kier molecular flexibility index (Phi) is 4.55. The lowest BCUT2D eigenvalue weighted by Crippen LogP contribution is -2.38. The Bertz CT molecular complexity index is 1060. The molecule has 0 radical (unpaired) electrons. The average molecular weight is 354 g/mol. The minimum Gasteiger partial charge on any atom is -0.345 e. The standard InChI is InChI=1S/C18H14N2O4S/c21-17-16(18(22)20-15-10-11-25(23,24)12-15)9-8-14(19-17)7-6-13-4-2-1-3-5-13/h1-5,8-11,15H,12H2,(H,19,21)(H,20,22)/t15-/m1/s1. The summed E-state index contributed by atoms with van der Waals surface area (Å²) in [6.45, 7) is 0. The second-order valence-electron chi connectivity index (χ2n) is 5.47. The molecule has 1 aromatic heterocycles. The quantitative estimate of drug-likeness (QED) is 0.780. The van der Waals surface area contributed by atoms with E-state index in [0.717, 1.165) is 11.0 Å². The smallest absolute Gasteiger partial charge is 0.261 e. The van der Waals surface area contributed by atoms with Gasteiger partial charge in [-0.15, -0.1) is 0 Å². The molecule has 0 spiro atoms. The lowest BCUT2D eigenvalue weighted by Gasteiger charge is -2.09. The predicted octanol–water partition coefficient (Wildman–Crippen LogP) is 0.815. The molecule has 1 aromatic carbocycles. The van der Waals surface area contributed by atoms with Gasteiger partial charge in [-0.25, -0.2) is 8.42 Å². The summed E-state index contributed by atoms with van der Waals surface area (Å²) in [6.07, 6.45) is 1.39. The highest BCUT2D eigenvalue weighted by Crippen LogP contribution is 2.08. The van der Waals surface area contributed by atoms with E-state index in [9.17, 15) is 18.0 Å². The number of amides is 1. The van der Waals surface area contributed by atoms with Gasteiger partial charge in [0.05, 0.1) is 17.5 Å². The van der Waals surface area contributed by atoms with Crippen LogP contribution in [0.5, 0.6) is 0 Å². The van der Waals surface area contributed by atoms with Crippen LogP contribution in [0.25, 0.3) is 0 Å². The van der Waals surface area contributed by atoms with Crippen LogP contribution in [0, 0.1) is 11.8 Å². The van der Waals surface area contributed by atoms with Crippen molar-refractivity contribution in [3.8, 4) is 11.8 Å². The van der Waals surface area contributed by atoms with Crippen LogP contribution < -0.4 is 10.9 Å². The molecule has 126 valence electrons. The molecule has 1 aliphatic heterocycles. The van der Waals surface area contributed by atoms with Gasteiger partial charge >= 0.3 is 0 Å². The second-order valence-corrected chi connectivity index (χ2v) is 7.40. The van der Waals surface area contributed by atoms with Gasteiger partial charge in [0.25, 0.3) is 11.5 Å². The molecule has 0 bridgehead atoms. The molecule has 0 fully saturated rings. The Balaban J connectivity index is 1.74.